The van der Waals surface area contributed by atoms with Gasteiger partial charge in [0.1, 0.15) is 23.2 Å². The Labute approximate surface area is 171 Å². The number of imide groups is 1. The van der Waals surface area contributed by atoms with Crippen molar-refractivity contribution in [3.63, 3.8) is 0 Å². The second kappa shape index (κ2) is 8.66. The van der Waals surface area contributed by atoms with Crippen molar-refractivity contribution in [1.29, 1.82) is 0 Å². The number of rotatable bonds is 5. The van der Waals surface area contributed by atoms with E-state index < -0.39 is 41.9 Å². The zero-order chi connectivity index (χ0) is 21.1. The van der Waals surface area contributed by atoms with E-state index in [0.717, 1.165) is 4.90 Å². The second-order valence-electron chi connectivity index (χ2n) is 6.90. The third-order valence-electron chi connectivity index (χ3n) is 4.92. The van der Waals surface area contributed by atoms with Crippen molar-refractivity contribution in [3.8, 4) is 0 Å². The van der Waals surface area contributed by atoms with Crippen LogP contribution in [-0.4, -0.2) is 79.8 Å². The van der Waals surface area contributed by atoms with Gasteiger partial charge in [-0.3, -0.25) is 14.4 Å². The highest BCUT2D eigenvalue weighted by Gasteiger charge is 2.40. The maximum absolute atomic E-state index is 13.1. The lowest BCUT2D eigenvalue weighted by atomic mass is 10.1. The minimum Gasteiger partial charge on any atom is -0.368 e. The number of aromatic nitrogens is 2. The Morgan fingerprint density at radius 3 is 2.90 bits per heavy atom. The number of morpholine rings is 1. The van der Waals surface area contributed by atoms with Crippen molar-refractivity contribution in [2.24, 2.45) is 5.73 Å². The van der Waals surface area contributed by atoms with E-state index in [1.807, 2.05) is 0 Å². The number of nitrogens with one attached hydrogen (secondary N) is 2. The van der Waals surface area contributed by atoms with Crippen molar-refractivity contribution >= 4 is 41.0 Å². The summed E-state index contributed by atoms with van der Waals surface area (Å²) in [5.41, 5.74) is 6.01. The van der Waals surface area contributed by atoms with Gasteiger partial charge in [-0.1, -0.05) is 12.2 Å². The molecule has 0 bridgehead atoms. The Morgan fingerprint density at radius 1 is 1.48 bits per heavy atom. The molecular formula is C17H22N6O5S. The van der Waals surface area contributed by atoms with Gasteiger partial charge in [-0.05, 0) is 19.8 Å². The number of H-pyrrole nitrogens is 1. The molecule has 12 heteroatoms. The number of carbonyl (C=O) groups excluding carboxylic acids is 4. The average Bonchev–Trinajstić information content (AvgIpc) is 3.35. The second-order valence-corrected chi connectivity index (χ2v) is 7.37. The third kappa shape index (κ3) is 4.43. The van der Waals surface area contributed by atoms with Crippen LogP contribution >= 0.6 is 12.2 Å². The van der Waals surface area contributed by atoms with Crippen molar-refractivity contribution in [2.45, 2.75) is 44.4 Å². The van der Waals surface area contributed by atoms with Crippen LogP contribution in [0.2, 0.25) is 0 Å². The van der Waals surface area contributed by atoms with Gasteiger partial charge in [0, 0.05) is 24.9 Å². The number of imidazole rings is 1. The van der Waals surface area contributed by atoms with Crippen molar-refractivity contribution in [1.82, 2.24) is 25.1 Å². The number of carbonyl (C=O) groups is 4. The van der Waals surface area contributed by atoms with E-state index in [1.165, 1.54) is 24.3 Å². The summed E-state index contributed by atoms with van der Waals surface area (Å²) >= 11 is 5.07. The van der Waals surface area contributed by atoms with Crippen molar-refractivity contribution in [3.05, 3.63) is 18.2 Å². The molecule has 0 aromatic carbocycles. The highest BCUT2D eigenvalue weighted by molar-refractivity contribution is 7.80. The summed E-state index contributed by atoms with van der Waals surface area (Å²) in [7, 11) is 0. The molecule has 0 radical (unpaired) electrons. The molecule has 0 spiro atoms. The lowest BCUT2D eigenvalue weighted by Gasteiger charge is -2.32. The van der Waals surface area contributed by atoms with Crippen LogP contribution in [0.3, 0.4) is 0 Å². The predicted molar refractivity (Wildman–Crippen MR) is 103 cm³/mol. The van der Waals surface area contributed by atoms with Gasteiger partial charge in [-0.15, -0.1) is 0 Å². The molecule has 0 saturated carbocycles. The minimum absolute atomic E-state index is 0.00882. The quantitative estimate of drug-likeness (QED) is 0.519. The van der Waals surface area contributed by atoms with E-state index in [4.69, 9.17) is 22.7 Å². The largest absolute Gasteiger partial charge is 0.368 e. The number of nitrogens with zero attached hydrogens (tertiary/aromatic N) is 3. The number of aromatic amines is 1. The summed E-state index contributed by atoms with van der Waals surface area (Å²) in [5.74, 6) is -1.67. The molecule has 3 atom stereocenters. The first-order valence-corrected chi connectivity index (χ1v) is 9.56. The summed E-state index contributed by atoms with van der Waals surface area (Å²) in [6.07, 6.45) is 3.33. The van der Waals surface area contributed by atoms with Crippen molar-refractivity contribution < 1.29 is 23.9 Å². The highest BCUT2D eigenvalue weighted by atomic mass is 32.1. The van der Waals surface area contributed by atoms with Gasteiger partial charge >= 0.3 is 6.03 Å². The SMILES string of the molecule is CC1OCC(=S)N(C(=O)N[C@@H](Cc2cnc[nH]2)C(=O)N2CCC[C@H]2C(N)=O)C1=O. The maximum atomic E-state index is 13.1. The number of nitrogens with two attached hydrogens (primary N) is 1. The van der Waals surface area contributed by atoms with Crippen LogP contribution in [0, 0.1) is 0 Å². The Hall–Kier alpha value is -2.86. The Morgan fingerprint density at radius 2 is 2.24 bits per heavy atom. The topological polar surface area (TPSA) is 151 Å². The van der Waals surface area contributed by atoms with Crippen LogP contribution in [0.25, 0.3) is 0 Å². The van der Waals surface area contributed by atoms with Crippen LogP contribution < -0.4 is 11.1 Å². The van der Waals surface area contributed by atoms with Crippen molar-refractivity contribution in [2.75, 3.05) is 13.2 Å². The number of hydrogen-bond acceptors (Lipinski definition) is 7. The van der Waals surface area contributed by atoms with Crippen LogP contribution in [0.4, 0.5) is 4.79 Å². The van der Waals surface area contributed by atoms with Gasteiger partial charge in [0.15, 0.2) is 0 Å². The van der Waals surface area contributed by atoms with E-state index in [1.54, 1.807) is 0 Å². The third-order valence-corrected chi connectivity index (χ3v) is 5.22. The smallest absolute Gasteiger partial charge is 0.329 e. The number of thiocarbonyl (C=S) groups is 1. The summed E-state index contributed by atoms with van der Waals surface area (Å²) in [4.78, 5) is 58.9. The number of amides is 5. The van der Waals surface area contributed by atoms with E-state index >= 15 is 0 Å². The normalized spacial score (nSPS) is 23.2. The number of primary amides is 1. The fourth-order valence-corrected chi connectivity index (χ4v) is 3.65. The Kier molecular flexibility index (Phi) is 6.23. The zero-order valence-electron chi connectivity index (χ0n) is 15.8. The molecule has 4 N–H and O–H groups in total. The fraction of sp³-hybridized carbons (Fsp3) is 0.529. The van der Waals surface area contributed by atoms with Crippen LogP contribution in [0.15, 0.2) is 12.5 Å². The molecule has 1 unspecified atom stereocenters. The Bertz CT molecular complexity index is 828. The van der Waals surface area contributed by atoms with E-state index in [-0.39, 0.29) is 18.0 Å². The molecular weight excluding hydrogens is 400 g/mol. The average molecular weight is 422 g/mol. The van der Waals surface area contributed by atoms with Gasteiger partial charge in [0.2, 0.25) is 11.8 Å². The number of urea groups is 1. The summed E-state index contributed by atoms with van der Waals surface area (Å²) in [6, 6.07) is -2.59. The molecule has 11 nitrogen and oxygen atoms in total. The predicted octanol–water partition coefficient (Wildman–Crippen LogP) is -0.919. The molecule has 29 heavy (non-hydrogen) atoms. The standard InChI is InChI=1S/C17H22N6O5S/c1-9-15(25)23(13(29)7-28-9)17(27)21-11(5-10-6-19-8-20-10)16(26)22-4-2-3-12(22)14(18)24/h6,8-9,11-12H,2-5,7H2,1H3,(H2,18,24)(H,19,20)(H,21,27)/t9?,11-,12-/m0/s1. The van der Waals surface area contributed by atoms with Gasteiger partial charge in [0.25, 0.3) is 5.91 Å². The summed E-state index contributed by atoms with van der Waals surface area (Å²) < 4.78 is 5.19. The molecule has 0 aliphatic carbocycles. The highest BCUT2D eigenvalue weighted by Crippen LogP contribution is 2.19. The number of likely N-dealkylation sites (tertiary alicyclic amines) is 1. The van der Waals surface area contributed by atoms with Gasteiger partial charge in [-0.25, -0.2) is 14.7 Å². The van der Waals surface area contributed by atoms with Crippen LogP contribution in [0.5, 0.6) is 0 Å². The molecule has 2 aliphatic heterocycles. The number of hydrogen-bond donors (Lipinski definition) is 3. The van der Waals surface area contributed by atoms with Crippen LogP contribution in [0.1, 0.15) is 25.5 Å². The Balaban J connectivity index is 1.81. The molecule has 156 valence electrons. The van der Waals surface area contributed by atoms with Crippen LogP contribution in [-0.2, 0) is 25.5 Å². The molecule has 2 fully saturated rings. The molecule has 5 amide bonds. The number of ether oxygens (including phenoxy) is 1. The zero-order valence-corrected chi connectivity index (χ0v) is 16.6. The van der Waals surface area contributed by atoms with E-state index in [0.29, 0.717) is 25.1 Å². The molecule has 3 heterocycles. The molecule has 1 aromatic heterocycles. The lowest BCUT2D eigenvalue weighted by molar-refractivity contribution is -0.140. The first-order valence-electron chi connectivity index (χ1n) is 9.15. The van der Waals surface area contributed by atoms with Gasteiger partial charge < -0.3 is 25.7 Å². The molecule has 2 aliphatic rings. The molecule has 2 saturated heterocycles. The first kappa shape index (κ1) is 20.9. The summed E-state index contributed by atoms with van der Waals surface area (Å²) in [5, 5.41) is 2.57. The lowest BCUT2D eigenvalue weighted by Crippen LogP contribution is -2.60. The molecule has 3 rings (SSSR count). The monoisotopic (exact) mass is 422 g/mol. The maximum Gasteiger partial charge on any atom is 0.329 e. The minimum atomic E-state index is -1.04. The fourth-order valence-electron chi connectivity index (χ4n) is 3.41. The van der Waals surface area contributed by atoms with E-state index in [9.17, 15) is 19.2 Å². The first-order chi connectivity index (χ1) is 13.8. The van der Waals surface area contributed by atoms with Gasteiger partial charge in [0.05, 0.1) is 12.9 Å². The van der Waals surface area contributed by atoms with Gasteiger partial charge in [-0.2, -0.15) is 0 Å². The van der Waals surface area contributed by atoms with E-state index in [2.05, 4.69) is 15.3 Å². The molecule has 1 aromatic rings. The summed E-state index contributed by atoms with van der Waals surface area (Å²) in [6.45, 7) is 1.82.